The van der Waals surface area contributed by atoms with E-state index in [9.17, 15) is 0 Å². The molecule has 200 valence electrons. The fourth-order valence-electron chi connectivity index (χ4n) is 6.15. The zero-order chi connectivity index (χ0) is 26.2. The fourth-order valence-corrected chi connectivity index (χ4v) is 6.15. The van der Waals surface area contributed by atoms with Gasteiger partial charge >= 0.3 is 0 Å². The molecule has 10 nitrogen and oxygen atoms in total. The number of hydrogen-bond donors (Lipinski definition) is 3. The van der Waals surface area contributed by atoms with E-state index in [-0.39, 0.29) is 6.04 Å². The topological polar surface area (TPSA) is 123 Å². The Kier molecular flexibility index (Phi) is 6.34. The summed E-state index contributed by atoms with van der Waals surface area (Å²) in [5, 5.41) is 18.1. The number of aromatic amines is 1. The first kappa shape index (κ1) is 24.1. The molecule has 7 rings (SSSR count). The Morgan fingerprint density at radius 1 is 0.974 bits per heavy atom. The van der Waals surface area contributed by atoms with E-state index in [1.165, 1.54) is 5.56 Å². The molecular weight excluding hydrogens is 490 g/mol. The molecular formula is C29H33N9O. The van der Waals surface area contributed by atoms with E-state index in [4.69, 9.17) is 15.6 Å². The van der Waals surface area contributed by atoms with E-state index < -0.39 is 0 Å². The van der Waals surface area contributed by atoms with Gasteiger partial charge in [-0.05, 0) is 43.4 Å². The molecule has 10 heteroatoms. The molecule has 1 saturated carbocycles. The Morgan fingerprint density at radius 3 is 2.59 bits per heavy atom. The summed E-state index contributed by atoms with van der Waals surface area (Å²) in [7, 11) is 0. The van der Waals surface area contributed by atoms with Gasteiger partial charge in [0, 0.05) is 36.6 Å². The van der Waals surface area contributed by atoms with Crippen LogP contribution in [0.4, 0.5) is 11.6 Å². The normalized spacial score (nSPS) is 20.5. The molecule has 5 aromatic rings. The first-order chi connectivity index (χ1) is 19.2. The van der Waals surface area contributed by atoms with Crippen LogP contribution in [0.2, 0.25) is 0 Å². The SMILES string of the molecule is Nc1ncnc2c1c(-c1ccc3c(NCc4ccccc4)n[nH]c3c1)nn2C1CCC(N2CCOCC2)CC1. The van der Waals surface area contributed by atoms with E-state index in [0.29, 0.717) is 18.4 Å². The molecule has 0 bridgehead atoms. The van der Waals surface area contributed by atoms with Crippen LogP contribution in [-0.2, 0) is 11.3 Å². The molecule has 1 saturated heterocycles. The van der Waals surface area contributed by atoms with Crippen LogP contribution in [0.5, 0.6) is 0 Å². The second kappa shape index (κ2) is 10.3. The number of nitrogen functional groups attached to an aromatic ring is 1. The number of benzene rings is 2. The van der Waals surface area contributed by atoms with Gasteiger partial charge in [0.1, 0.15) is 17.8 Å². The van der Waals surface area contributed by atoms with Crippen molar-refractivity contribution in [3.63, 3.8) is 0 Å². The number of nitrogens with zero attached hydrogens (tertiary/aromatic N) is 6. The number of anilines is 2. The summed E-state index contributed by atoms with van der Waals surface area (Å²) in [5.41, 5.74) is 11.1. The highest BCUT2D eigenvalue weighted by Gasteiger charge is 2.30. The van der Waals surface area contributed by atoms with Crippen molar-refractivity contribution in [2.24, 2.45) is 0 Å². The average Bonchev–Trinajstić information content (AvgIpc) is 3.59. The van der Waals surface area contributed by atoms with E-state index in [1.54, 1.807) is 6.33 Å². The Hall–Kier alpha value is -4.02. The molecule has 1 aliphatic carbocycles. The van der Waals surface area contributed by atoms with Crippen LogP contribution in [0.15, 0.2) is 54.9 Å². The lowest BCUT2D eigenvalue weighted by Crippen LogP contribution is -2.45. The standard InChI is InChI=1S/C29H33N9O/c30-27-25-26(20-6-11-23-24(16-20)34-35-28(23)31-17-19-4-2-1-3-5-19)36-38(29(25)33-18-32-27)22-9-7-21(8-10-22)37-12-14-39-15-13-37/h1-6,11,16,18,21-22H,7-10,12-15,17H2,(H2,30,32,33)(H2,31,34,35). The number of ether oxygens (including phenoxy) is 1. The summed E-state index contributed by atoms with van der Waals surface area (Å²) < 4.78 is 7.65. The third kappa shape index (κ3) is 4.59. The third-order valence-electron chi connectivity index (χ3n) is 8.23. The Labute approximate surface area is 226 Å². The van der Waals surface area contributed by atoms with E-state index in [0.717, 1.165) is 91.0 Å². The first-order valence-corrected chi connectivity index (χ1v) is 13.8. The van der Waals surface area contributed by atoms with Crippen LogP contribution in [-0.4, -0.2) is 67.2 Å². The van der Waals surface area contributed by atoms with Crippen molar-refractivity contribution in [2.45, 2.75) is 44.3 Å². The Balaban J connectivity index is 1.16. The highest BCUT2D eigenvalue weighted by molar-refractivity contribution is 6.01. The van der Waals surface area contributed by atoms with Crippen molar-refractivity contribution < 1.29 is 4.74 Å². The zero-order valence-corrected chi connectivity index (χ0v) is 21.9. The molecule has 0 radical (unpaired) electrons. The fraction of sp³-hybridized carbons (Fsp3) is 0.379. The number of fused-ring (bicyclic) bond motifs is 2. The molecule has 0 unspecified atom stereocenters. The molecule has 1 aliphatic heterocycles. The molecule has 2 aliphatic rings. The van der Waals surface area contributed by atoms with E-state index in [2.05, 4.69) is 65.4 Å². The highest BCUT2D eigenvalue weighted by atomic mass is 16.5. The zero-order valence-electron chi connectivity index (χ0n) is 21.9. The molecule has 0 amide bonds. The number of morpholine rings is 1. The summed E-state index contributed by atoms with van der Waals surface area (Å²) >= 11 is 0. The minimum Gasteiger partial charge on any atom is -0.383 e. The van der Waals surface area contributed by atoms with Crippen LogP contribution in [0.25, 0.3) is 33.2 Å². The van der Waals surface area contributed by atoms with Gasteiger partial charge in [-0.2, -0.15) is 10.2 Å². The number of hydrogen-bond acceptors (Lipinski definition) is 8. The highest BCUT2D eigenvalue weighted by Crippen LogP contribution is 2.38. The maximum atomic E-state index is 6.42. The minimum atomic E-state index is 0.289. The summed E-state index contributed by atoms with van der Waals surface area (Å²) in [6, 6.07) is 17.5. The third-order valence-corrected chi connectivity index (χ3v) is 8.23. The van der Waals surface area contributed by atoms with Crippen molar-refractivity contribution >= 4 is 33.6 Å². The van der Waals surface area contributed by atoms with Gasteiger partial charge in [-0.1, -0.05) is 36.4 Å². The molecule has 4 heterocycles. The van der Waals surface area contributed by atoms with Gasteiger partial charge in [0.05, 0.1) is 30.2 Å². The monoisotopic (exact) mass is 523 g/mol. The maximum absolute atomic E-state index is 6.42. The lowest BCUT2D eigenvalue weighted by molar-refractivity contribution is 0.00520. The predicted molar refractivity (Wildman–Crippen MR) is 152 cm³/mol. The van der Waals surface area contributed by atoms with Crippen molar-refractivity contribution in [3.05, 3.63) is 60.4 Å². The average molecular weight is 524 g/mol. The van der Waals surface area contributed by atoms with Crippen LogP contribution in [0.3, 0.4) is 0 Å². The van der Waals surface area contributed by atoms with Gasteiger partial charge in [0.2, 0.25) is 0 Å². The minimum absolute atomic E-state index is 0.289. The Bertz CT molecular complexity index is 1580. The van der Waals surface area contributed by atoms with Gasteiger partial charge in [0.15, 0.2) is 11.5 Å². The van der Waals surface area contributed by atoms with Crippen molar-refractivity contribution in [3.8, 4) is 11.3 Å². The lowest BCUT2D eigenvalue weighted by atomic mass is 9.90. The van der Waals surface area contributed by atoms with Gasteiger partial charge < -0.3 is 15.8 Å². The van der Waals surface area contributed by atoms with E-state index in [1.807, 2.05) is 18.2 Å². The molecule has 3 aromatic heterocycles. The van der Waals surface area contributed by atoms with Crippen LogP contribution in [0.1, 0.15) is 37.3 Å². The smallest absolute Gasteiger partial charge is 0.164 e. The quantitative estimate of drug-likeness (QED) is 0.300. The lowest BCUT2D eigenvalue weighted by Gasteiger charge is -2.38. The van der Waals surface area contributed by atoms with Crippen molar-refractivity contribution in [2.75, 3.05) is 37.4 Å². The first-order valence-electron chi connectivity index (χ1n) is 13.8. The summed E-state index contributed by atoms with van der Waals surface area (Å²) in [5.74, 6) is 1.29. The van der Waals surface area contributed by atoms with E-state index >= 15 is 0 Å². The number of aromatic nitrogens is 6. The summed E-state index contributed by atoms with van der Waals surface area (Å²) in [4.78, 5) is 11.5. The largest absolute Gasteiger partial charge is 0.383 e. The second-order valence-corrected chi connectivity index (χ2v) is 10.5. The van der Waals surface area contributed by atoms with Crippen LogP contribution < -0.4 is 11.1 Å². The second-order valence-electron chi connectivity index (χ2n) is 10.5. The Morgan fingerprint density at radius 2 is 1.77 bits per heavy atom. The molecule has 4 N–H and O–H groups in total. The van der Waals surface area contributed by atoms with Gasteiger partial charge in [-0.25, -0.2) is 14.6 Å². The predicted octanol–water partition coefficient (Wildman–Crippen LogP) is 4.38. The molecule has 2 aromatic carbocycles. The number of rotatable bonds is 6. The summed E-state index contributed by atoms with van der Waals surface area (Å²) in [6.07, 6.45) is 5.99. The van der Waals surface area contributed by atoms with Gasteiger partial charge in [0.25, 0.3) is 0 Å². The van der Waals surface area contributed by atoms with Crippen LogP contribution in [0, 0.1) is 0 Å². The molecule has 39 heavy (non-hydrogen) atoms. The van der Waals surface area contributed by atoms with Gasteiger partial charge in [-0.15, -0.1) is 0 Å². The van der Waals surface area contributed by atoms with Crippen molar-refractivity contribution in [1.82, 2.24) is 34.8 Å². The molecule has 2 fully saturated rings. The van der Waals surface area contributed by atoms with Crippen molar-refractivity contribution in [1.29, 1.82) is 0 Å². The summed E-state index contributed by atoms with van der Waals surface area (Å²) in [6.45, 7) is 4.46. The number of nitrogens with two attached hydrogens (primary N) is 1. The van der Waals surface area contributed by atoms with Gasteiger partial charge in [-0.3, -0.25) is 10.00 Å². The molecule has 0 spiro atoms. The molecule has 0 atom stereocenters. The number of H-pyrrole nitrogens is 1. The van der Waals surface area contributed by atoms with Crippen LogP contribution >= 0.6 is 0 Å². The maximum Gasteiger partial charge on any atom is 0.164 e. The number of nitrogens with one attached hydrogen (secondary N) is 2.